The molecule has 25 heavy (non-hydrogen) atoms. The van der Waals surface area contributed by atoms with Gasteiger partial charge in [0.05, 0.1) is 12.7 Å². The first-order valence-electron chi connectivity index (χ1n) is 7.92. The fourth-order valence-electron chi connectivity index (χ4n) is 2.73. The maximum atomic E-state index is 13.3. The molecule has 6 nitrogen and oxygen atoms in total. The van der Waals surface area contributed by atoms with Gasteiger partial charge in [0.2, 0.25) is 5.88 Å². The van der Waals surface area contributed by atoms with E-state index in [1.807, 2.05) is 0 Å². The van der Waals surface area contributed by atoms with Crippen LogP contribution in [0.4, 0.5) is 4.39 Å². The van der Waals surface area contributed by atoms with E-state index in [1.165, 1.54) is 31.5 Å². The standard InChI is InChI=1S/C18H18FN3O3/c1-25-16-6-5-14(12-20-16)18(24)22-9-7-21(8-10-22)17(23)13-3-2-4-15(19)11-13/h2-6,11-12H,7-10H2,1H3. The van der Waals surface area contributed by atoms with Crippen LogP contribution in [-0.2, 0) is 0 Å². The number of hydrogen-bond donors (Lipinski definition) is 0. The molecule has 1 aliphatic rings. The summed E-state index contributed by atoms with van der Waals surface area (Å²) in [4.78, 5) is 32.2. The van der Waals surface area contributed by atoms with E-state index in [2.05, 4.69) is 4.98 Å². The summed E-state index contributed by atoms with van der Waals surface area (Å²) in [5.74, 6) is -0.348. The van der Waals surface area contributed by atoms with Crippen molar-refractivity contribution in [3.63, 3.8) is 0 Å². The molecule has 7 heteroatoms. The number of halogens is 1. The average Bonchev–Trinajstić information content (AvgIpc) is 2.67. The Kier molecular flexibility index (Phi) is 4.92. The Bertz CT molecular complexity index is 771. The number of ether oxygens (including phenoxy) is 1. The fraction of sp³-hybridized carbons (Fsp3) is 0.278. The Balaban J connectivity index is 1.61. The number of carbonyl (C=O) groups excluding carboxylic acids is 2. The van der Waals surface area contributed by atoms with Gasteiger partial charge in [-0.25, -0.2) is 9.37 Å². The first-order valence-corrected chi connectivity index (χ1v) is 7.92. The lowest BCUT2D eigenvalue weighted by molar-refractivity contribution is 0.0535. The molecule has 0 radical (unpaired) electrons. The highest BCUT2D eigenvalue weighted by Crippen LogP contribution is 2.14. The SMILES string of the molecule is COc1ccc(C(=O)N2CCN(C(=O)c3cccc(F)c3)CC2)cn1. The zero-order valence-corrected chi connectivity index (χ0v) is 13.8. The lowest BCUT2D eigenvalue weighted by Gasteiger charge is -2.34. The molecule has 0 atom stereocenters. The monoisotopic (exact) mass is 343 g/mol. The predicted molar refractivity (Wildman–Crippen MR) is 89.0 cm³/mol. The van der Waals surface area contributed by atoms with E-state index in [-0.39, 0.29) is 11.8 Å². The topological polar surface area (TPSA) is 62.7 Å². The number of aromatic nitrogens is 1. The zero-order chi connectivity index (χ0) is 17.8. The van der Waals surface area contributed by atoms with Gasteiger partial charge in [-0.2, -0.15) is 0 Å². The summed E-state index contributed by atoms with van der Waals surface area (Å²) in [6, 6.07) is 8.93. The van der Waals surface area contributed by atoms with Gasteiger partial charge >= 0.3 is 0 Å². The van der Waals surface area contributed by atoms with Crippen LogP contribution >= 0.6 is 0 Å². The van der Waals surface area contributed by atoms with Crippen LogP contribution in [0.25, 0.3) is 0 Å². The van der Waals surface area contributed by atoms with Crippen LogP contribution in [0.1, 0.15) is 20.7 Å². The average molecular weight is 343 g/mol. The van der Waals surface area contributed by atoms with Crippen LogP contribution in [0, 0.1) is 5.82 Å². The van der Waals surface area contributed by atoms with Crippen molar-refractivity contribution in [2.24, 2.45) is 0 Å². The van der Waals surface area contributed by atoms with E-state index >= 15 is 0 Å². The number of hydrogen-bond acceptors (Lipinski definition) is 4. The van der Waals surface area contributed by atoms with Crippen LogP contribution in [-0.4, -0.2) is 59.9 Å². The van der Waals surface area contributed by atoms with Crippen molar-refractivity contribution in [3.05, 3.63) is 59.5 Å². The molecule has 1 aliphatic heterocycles. The molecular weight excluding hydrogens is 325 g/mol. The predicted octanol–water partition coefficient (Wildman–Crippen LogP) is 1.83. The number of amides is 2. The van der Waals surface area contributed by atoms with Crippen LogP contribution in [0.15, 0.2) is 42.6 Å². The molecule has 2 heterocycles. The Morgan fingerprint density at radius 3 is 2.16 bits per heavy atom. The van der Waals surface area contributed by atoms with Gasteiger partial charge in [0.15, 0.2) is 0 Å². The van der Waals surface area contributed by atoms with Crippen LogP contribution in [0.2, 0.25) is 0 Å². The van der Waals surface area contributed by atoms with Crippen LogP contribution < -0.4 is 4.74 Å². The summed E-state index contributed by atoms with van der Waals surface area (Å²) in [5, 5.41) is 0. The number of rotatable bonds is 3. The van der Waals surface area contributed by atoms with E-state index in [1.54, 1.807) is 28.0 Å². The third kappa shape index (κ3) is 3.76. The van der Waals surface area contributed by atoms with Gasteiger partial charge in [-0.3, -0.25) is 9.59 Å². The van der Waals surface area contributed by atoms with Gasteiger partial charge in [-0.1, -0.05) is 6.07 Å². The summed E-state index contributed by atoms with van der Waals surface area (Å²) in [5.41, 5.74) is 0.796. The van der Waals surface area contributed by atoms with Gasteiger partial charge in [0, 0.05) is 44.0 Å². The number of benzene rings is 1. The highest BCUT2D eigenvalue weighted by molar-refractivity contribution is 5.95. The molecule has 0 bridgehead atoms. The van der Waals surface area contributed by atoms with Crippen molar-refractivity contribution in [1.29, 1.82) is 0 Å². The Morgan fingerprint density at radius 1 is 1.00 bits per heavy atom. The lowest BCUT2D eigenvalue weighted by Crippen LogP contribution is -2.50. The number of methoxy groups -OCH3 is 1. The van der Waals surface area contributed by atoms with Gasteiger partial charge < -0.3 is 14.5 Å². The van der Waals surface area contributed by atoms with Crippen molar-refractivity contribution in [2.75, 3.05) is 33.3 Å². The Morgan fingerprint density at radius 2 is 1.64 bits per heavy atom. The number of nitrogens with zero attached hydrogens (tertiary/aromatic N) is 3. The summed E-state index contributed by atoms with van der Waals surface area (Å²) < 4.78 is 18.2. The zero-order valence-electron chi connectivity index (χ0n) is 13.8. The number of pyridine rings is 1. The maximum absolute atomic E-state index is 13.3. The summed E-state index contributed by atoms with van der Waals surface area (Å²) >= 11 is 0. The van der Waals surface area contributed by atoms with Gasteiger partial charge in [-0.15, -0.1) is 0 Å². The van der Waals surface area contributed by atoms with Gasteiger partial charge in [-0.05, 0) is 24.3 Å². The van der Waals surface area contributed by atoms with Crippen molar-refractivity contribution >= 4 is 11.8 Å². The highest BCUT2D eigenvalue weighted by atomic mass is 19.1. The third-order valence-corrected chi connectivity index (χ3v) is 4.12. The highest BCUT2D eigenvalue weighted by Gasteiger charge is 2.25. The van der Waals surface area contributed by atoms with Crippen LogP contribution in [0.5, 0.6) is 5.88 Å². The van der Waals surface area contributed by atoms with Gasteiger partial charge in [0.1, 0.15) is 5.82 Å². The molecule has 2 amide bonds. The minimum atomic E-state index is -0.438. The third-order valence-electron chi connectivity index (χ3n) is 4.12. The van der Waals surface area contributed by atoms with Crippen molar-refractivity contribution in [1.82, 2.24) is 14.8 Å². The summed E-state index contributed by atoms with van der Waals surface area (Å²) in [7, 11) is 1.51. The minimum absolute atomic E-state index is 0.131. The second kappa shape index (κ2) is 7.29. The molecule has 1 aromatic heterocycles. The molecule has 0 unspecified atom stereocenters. The minimum Gasteiger partial charge on any atom is -0.481 e. The molecule has 0 spiro atoms. The smallest absolute Gasteiger partial charge is 0.255 e. The molecule has 0 saturated carbocycles. The first-order chi connectivity index (χ1) is 12.1. The van der Waals surface area contributed by atoms with E-state index in [9.17, 15) is 14.0 Å². The number of carbonyl (C=O) groups is 2. The van der Waals surface area contributed by atoms with E-state index in [0.29, 0.717) is 43.2 Å². The molecule has 3 rings (SSSR count). The molecular formula is C18H18FN3O3. The second-order valence-electron chi connectivity index (χ2n) is 5.68. The first kappa shape index (κ1) is 16.9. The summed E-state index contributed by atoms with van der Waals surface area (Å²) in [6.07, 6.45) is 1.48. The Labute approximate surface area is 144 Å². The van der Waals surface area contributed by atoms with Gasteiger partial charge in [0.25, 0.3) is 11.8 Å². The lowest BCUT2D eigenvalue weighted by atomic mass is 10.1. The Hall–Kier alpha value is -2.96. The van der Waals surface area contributed by atoms with Crippen LogP contribution in [0.3, 0.4) is 0 Å². The molecule has 0 N–H and O–H groups in total. The van der Waals surface area contributed by atoms with E-state index in [4.69, 9.17) is 4.74 Å². The quantitative estimate of drug-likeness (QED) is 0.853. The molecule has 1 saturated heterocycles. The molecule has 130 valence electrons. The molecule has 0 aliphatic carbocycles. The normalized spacial score (nSPS) is 14.3. The van der Waals surface area contributed by atoms with Crippen molar-refractivity contribution in [3.8, 4) is 5.88 Å². The molecule has 2 aromatic rings. The maximum Gasteiger partial charge on any atom is 0.255 e. The van der Waals surface area contributed by atoms with Crippen molar-refractivity contribution < 1.29 is 18.7 Å². The molecule has 1 fully saturated rings. The summed E-state index contributed by atoms with van der Waals surface area (Å²) in [6.45, 7) is 1.66. The number of piperazine rings is 1. The van der Waals surface area contributed by atoms with E-state index in [0.717, 1.165) is 0 Å². The fourth-order valence-corrected chi connectivity index (χ4v) is 2.73. The van der Waals surface area contributed by atoms with Crippen molar-refractivity contribution in [2.45, 2.75) is 0 Å². The molecule has 1 aromatic carbocycles. The largest absolute Gasteiger partial charge is 0.481 e. The van der Waals surface area contributed by atoms with E-state index < -0.39 is 5.82 Å². The second-order valence-corrected chi connectivity index (χ2v) is 5.68.